The summed E-state index contributed by atoms with van der Waals surface area (Å²) in [5.41, 5.74) is 1.94. The Balaban J connectivity index is 3.74. The standard InChI is InChI=1S/C10H17FO/c1-9(2)4-3-5-10(8-11)6-7-12/h4,6,12H,3,5,7-8H2,1-2H3/b10-6-. The molecule has 1 N–H and O–H groups in total. The Labute approximate surface area is 73.6 Å². The number of alkyl halides is 1. The minimum Gasteiger partial charge on any atom is -0.392 e. The fourth-order valence-corrected chi connectivity index (χ4v) is 0.899. The third-order valence-corrected chi connectivity index (χ3v) is 1.57. The van der Waals surface area contributed by atoms with Crippen LogP contribution in [0.25, 0.3) is 0 Å². The van der Waals surface area contributed by atoms with Gasteiger partial charge in [0, 0.05) is 0 Å². The summed E-state index contributed by atoms with van der Waals surface area (Å²) in [7, 11) is 0. The van der Waals surface area contributed by atoms with Gasteiger partial charge in [0.25, 0.3) is 0 Å². The van der Waals surface area contributed by atoms with E-state index in [0.29, 0.717) is 12.0 Å². The Hall–Kier alpha value is -0.630. The number of allylic oxidation sites excluding steroid dienone is 3. The molecular formula is C10H17FO. The molecule has 0 aromatic rings. The quantitative estimate of drug-likeness (QED) is 0.632. The maximum Gasteiger partial charge on any atom is 0.111 e. The van der Waals surface area contributed by atoms with Gasteiger partial charge in [-0.2, -0.15) is 0 Å². The molecule has 0 saturated carbocycles. The highest BCUT2D eigenvalue weighted by atomic mass is 19.1. The SMILES string of the molecule is CC(C)=CCC/C(=C/CO)CF. The van der Waals surface area contributed by atoms with Gasteiger partial charge in [0.15, 0.2) is 0 Å². The molecule has 0 unspecified atom stereocenters. The second-order valence-electron chi connectivity index (χ2n) is 3.00. The number of aliphatic hydroxyl groups excluding tert-OH is 1. The van der Waals surface area contributed by atoms with Crippen molar-refractivity contribution >= 4 is 0 Å². The molecule has 0 saturated heterocycles. The summed E-state index contributed by atoms with van der Waals surface area (Å²) in [6.07, 6.45) is 5.18. The average molecular weight is 172 g/mol. The van der Waals surface area contributed by atoms with Crippen LogP contribution < -0.4 is 0 Å². The van der Waals surface area contributed by atoms with Crippen LogP contribution in [0.5, 0.6) is 0 Å². The van der Waals surface area contributed by atoms with Crippen LogP contribution in [-0.2, 0) is 0 Å². The van der Waals surface area contributed by atoms with Crippen LogP contribution in [0.3, 0.4) is 0 Å². The lowest BCUT2D eigenvalue weighted by molar-refractivity contribution is 0.340. The van der Waals surface area contributed by atoms with Crippen LogP contribution in [0.15, 0.2) is 23.3 Å². The van der Waals surface area contributed by atoms with E-state index in [0.717, 1.165) is 6.42 Å². The van der Waals surface area contributed by atoms with Crippen LogP contribution in [0, 0.1) is 0 Å². The van der Waals surface area contributed by atoms with E-state index in [9.17, 15) is 4.39 Å². The Morgan fingerprint density at radius 2 is 2.00 bits per heavy atom. The predicted molar refractivity (Wildman–Crippen MR) is 49.8 cm³/mol. The van der Waals surface area contributed by atoms with Crippen molar-refractivity contribution in [2.45, 2.75) is 26.7 Å². The first kappa shape index (κ1) is 11.4. The van der Waals surface area contributed by atoms with Gasteiger partial charge in [-0.1, -0.05) is 17.7 Å². The molecule has 70 valence electrons. The molecule has 2 heteroatoms. The molecule has 0 radical (unpaired) electrons. The largest absolute Gasteiger partial charge is 0.392 e. The van der Waals surface area contributed by atoms with Gasteiger partial charge in [0.2, 0.25) is 0 Å². The lowest BCUT2D eigenvalue weighted by Gasteiger charge is -1.99. The van der Waals surface area contributed by atoms with E-state index in [1.807, 2.05) is 13.8 Å². The molecule has 0 rings (SSSR count). The lowest BCUT2D eigenvalue weighted by atomic mass is 10.1. The van der Waals surface area contributed by atoms with Gasteiger partial charge in [-0.25, -0.2) is 4.39 Å². The molecule has 0 aliphatic heterocycles. The molecule has 0 aromatic heterocycles. The first-order chi connectivity index (χ1) is 5.70. The highest BCUT2D eigenvalue weighted by molar-refractivity contribution is 5.05. The number of rotatable bonds is 5. The molecule has 0 fully saturated rings. The zero-order chi connectivity index (χ0) is 9.40. The molecule has 0 aliphatic rings. The Morgan fingerprint density at radius 3 is 2.42 bits per heavy atom. The average Bonchev–Trinajstić information content (AvgIpc) is 2.02. The van der Waals surface area contributed by atoms with E-state index in [4.69, 9.17) is 5.11 Å². The van der Waals surface area contributed by atoms with E-state index in [2.05, 4.69) is 6.08 Å². The third kappa shape index (κ3) is 6.10. The summed E-state index contributed by atoms with van der Waals surface area (Å²) in [4.78, 5) is 0. The summed E-state index contributed by atoms with van der Waals surface area (Å²) in [6, 6.07) is 0. The minimum atomic E-state index is -0.447. The van der Waals surface area contributed by atoms with E-state index < -0.39 is 6.67 Å². The van der Waals surface area contributed by atoms with Crippen molar-refractivity contribution in [1.29, 1.82) is 0 Å². The number of halogens is 1. The molecule has 12 heavy (non-hydrogen) atoms. The van der Waals surface area contributed by atoms with Gasteiger partial charge in [-0.3, -0.25) is 0 Å². The van der Waals surface area contributed by atoms with Crippen LogP contribution in [0.1, 0.15) is 26.7 Å². The van der Waals surface area contributed by atoms with Crippen LogP contribution >= 0.6 is 0 Å². The van der Waals surface area contributed by atoms with E-state index >= 15 is 0 Å². The number of hydrogen-bond donors (Lipinski definition) is 1. The summed E-state index contributed by atoms with van der Waals surface area (Å²) in [5, 5.41) is 8.52. The number of hydrogen-bond acceptors (Lipinski definition) is 1. The Kier molecular flexibility index (Phi) is 6.67. The number of aliphatic hydroxyl groups is 1. The van der Waals surface area contributed by atoms with E-state index in [1.54, 1.807) is 6.08 Å². The topological polar surface area (TPSA) is 20.2 Å². The fraction of sp³-hybridized carbons (Fsp3) is 0.600. The third-order valence-electron chi connectivity index (χ3n) is 1.57. The fourth-order valence-electron chi connectivity index (χ4n) is 0.899. The molecule has 1 nitrogen and oxygen atoms in total. The highest BCUT2D eigenvalue weighted by Crippen LogP contribution is 2.07. The first-order valence-corrected chi connectivity index (χ1v) is 4.18. The zero-order valence-corrected chi connectivity index (χ0v) is 7.81. The zero-order valence-electron chi connectivity index (χ0n) is 7.81. The molecule has 0 amide bonds. The van der Waals surface area contributed by atoms with Crippen LogP contribution in [0.4, 0.5) is 4.39 Å². The Bertz CT molecular complexity index is 167. The Morgan fingerprint density at radius 1 is 1.33 bits per heavy atom. The maximum atomic E-state index is 12.2. The van der Waals surface area contributed by atoms with Gasteiger partial charge in [-0.05, 0) is 32.3 Å². The van der Waals surface area contributed by atoms with Crippen molar-refractivity contribution in [3.8, 4) is 0 Å². The minimum absolute atomic E-state index is 0.0614. The van der Waals surface area contributed by atoms with Crippen molar-refractivity contribution in [2.24, 2.45) is 0 Å². The van der Waals surface area contributed by atoms with Gasteiger partial charge in [0.05, 0.1) is 6.61 Å². The van der Waals surface area contributed by atoms with Crippen LogP contribution in [-0.4, -0.2) is 18.4 Å². The summed E-state index contributed by atoms with van der Waals surface area (Å²) in [5.74, 6) is 0. The van der Waals surface area contributed by atoms with Gasteiger partial charge >= 0.3 is 0 Å². The van der Waals surface area contributed by atoms with Gasteiger partial charge in [0.1, 0.15) is 6.67 Å². The van der Waals surface area contributed by atoms with Crippen molar-refractivity contribution in [1.82, 2.24) is 0 Å². The lowest BCUT2D eigenvalue weighted by Crippen LogP contribution is -1.88. The normalized spacial score (nSPS) is 11.5. The first-order valence-electron chi connectivity index (χ1n) is 4.18. The van der Waals surface area contributed by atoms with Crippen LogP contribution in [0.2, 0.25) is 0 Å². The monoisotopic (exact) mass is 172 g/mol. The van der Waals surface area contributed by atoms with Crippen molar-refractivity contribution < 1.29 is 9.50 Å². The smallest absolute Gasteiger partial charge is 0.111 e. The summed E-state index contributed by atoms with van der Waals surface area (Å²) in [6.45, 7) is 3.53. The molecular weight excluding hydrogens is 155 g/mol. The van der Waals surface area contributed by atoms with Gasteiger partial charge in [-0.15, -0.1) is 0 Å². The molecule has 0 atom stereocenters. The van der Waals surface area contributed by atoms with E-state index in [1.165, 1.54) is 5.57 Å². The van der Waals surface area contributed by atoms with Crippen molar-refractivity contribution in [2.75, 3.05) is 13.3 Å². The summed E-state index contributed by atoms with van der Waals surface area (Å²) >= 11 is 0. The molecule has 0 bridgehead atoms. The molecule has 0 aliphatic carbocycles. The molecule has 0 heterocycles. The predicted octanol–water partition coefficient (Wildman–Crippen LogP) is 2.62. The maximum absolute atomic E-state index is 12.2. The van der Waals surface area contributed by atoms with E-state index in [-0.39, 0.29) is 6.61 Å². The summed E-state index contributed by atoms with van der Waals surface area (Å²) < 4.78 is 12.2. The van der Waals surface area contributed by atoms with Gasteiger partial charge < -0.3 is 5.11 Å². The highest BCUT2D eigenvalue weighted by Gasteiger charge is 1.93. The molecule has 0 aromatic carbocycles. The second-order valence-corrected chi connectivity index (χ2v) is 3.00. The van der Waals surface area contributed by atoms with Crippen molar-refractivity contribution in [3.63, 3.8) is 0 Å². The second kappa shape index (κ2) is 7.04. The van der Waals surface area contributed by atoms with Crippen molar-refractivity contribution in [3.05, 3.63) is 23.3 Å². The molecule has 0 spiro atoms.